The number of imidazole rings is 1. The van der Waals surface area contributed by atoms with Gasteiger partial charge in [-0.2, -0.15) is 0 Å². The fourth-order valence-corrected chi connectivity index (χ4v) is 2.48. The Labute approximate surface area is 124 Å². The lowest BCUT2D eigenvalue weighted by molar-refractivity contribution is 0.414. The first kappa shape index (κ1) is 13.6. The number of nitrogens with zero attached hydrogens (tertiary/aromatic N) is 1. The standard InChI is InChI=1S/C17H19N3O/c1-21-14-8-5-12(6-9-14)7-10-16-19-15-4-2-3-13(11-18)17(15)20-16/h2-6,8-9H,7,10-11,18H2,1H3,(H,19,20). The van der Waals surface area contributed by atoms with Gasteiger partial charge in [0.25, 0.3) is 0 Å². The van der Waals surface area contributed by atoms with Gasteiger partial charge in [0, 0.05) is 13.0 Å². The number of ether oxygens (including phenoxy) is 1. The van der Waals surface area contributed by atoms with E-state index in [4.69, 9.17) is 10.5 Å². The Bertz CT molecular complexity index is 731. The van der Waals surface area contributed by atoms with E-state index in [9.17, 15) is 0 Å². The molecule has 2 aromatic carbocycles. The highest BCUT2D eigenvalue weighted by atomic mass is 16.5. The van der Waals surface area contributed by atoms with Crippen molar-refractivity contribution in [3.63, 3.8) is 0 Å². The van der Waals surface area contributed by atoms with Crippen molar-refractivity contribution in [2.75, 3.05) is 7.11 Å². The Kier molecular flexibility index (Phi) is 3.88. The van der Waals surface area contributed by atoms with Gasteiger partial charge in [-0.3, -0.25) is 0 Å². The fourth-order valence-electron chi connectivity index (χ4n) is 2.48. The van der Waals surface area contributed by atoms with Crippen molar-refractivity contribution in [1.82, 2.24) is 9.97 Å². The summed E-state index contributed by atoms with van der Waals surface area (Å²) >= 11 is 0. The zero-order valence-corrected chi connectivity index (χ0v) is 12.1. The van der Waals surface area contributed by atoms with Crippen LogP contribution in [0.1, 0.15) is 17.0 Å². The minimum atomic E-state index is 0.514. The summed E-state index contributed by atoms with van der Waals surface area (Å²) in [5, 5.41) is 0. The summed E-state index contributed by atoms with van der Waals surface area (Å²) in [6, 6.07) is 14.2. The second kappa shape index (κ2) is 5.97. The lowest BCUT2D eigenvalue weighted by Gasteiger charge is -2.02. The molecule has 1 heterocycles. The first-order valence-electron chi connectivity index (χ1n) is 7.09. The molecule has 4 heteroatoms. The molecule has 0 saturated carbocycles. The number of aromatic nitrogens is 2. The Morgan fingerprint density at radius 3 is 2.62 bits per heavy atom. The molecular weight excluding hydrogens is 262 g/mol. The smallest absolute Gasteiger partial charge is 0.118 e. The summed E-state index contributed by atoms with van der Waals surface area (Å²) in [6.45, 7) is 0.514. The van der Waals surface area contributed by atoms with Gasteiger partial charge < -0.3 is 15.5 Å². The fraction of sp³-hybridized carbons (Fsp3) is 0.235. The van der Waals surface area contributed by atoms with E-state index in [2.05, 4.69) is 22.1 Å². The summed E-state index contributed by atoms with van der Waals surface area (Å²) in [4.78, 5) is 8.04. The normalized spacial score (nSPS) is 11.0. The third kappa shape index (κ3) is 2.90. The number of aryl methyl sites for hydroxylation is 2. The average Bonchev–Trinajstić information content (AvgIpc) is 2.96. The number of benzene rings is 2. The van der Waals surface area contributed by atoms with Gasteiger partial charge in [0.05, 0.1) is 18.1 Å². The van der Waals surface area contributed by atoms with Crippen molar-refractivity contribution in [2.45, 2.75) is 19.4 Å². The number of para-hydroxylation sites is 1. The minimum absolute atomic E-state index is 0.514. The maximum absolute atomic E-state index is 5.75. The van der Waals surface area contributed by atoms with Crippen molar-refractivity contribution in [1.29, 1.82) is 0 Å². The first-order chi connectivity index (χ1) is 10.3. The molecule has 0 aliphatic heterocycles. The van der Waals surface area contributed by atoms with Crippen LogP contribution in [-0.4, -0.2) is 17.1 Å². The second-order valence-corrected chi connectivity index (χ2v) is 5.05. The molecule has 0 aliphatic rings. The zero-order valence-electron chi connectivity index (χ0n) is 12.1. The second-order valence-electron chi connectivity index (χ2n) is 5.05. The summed E-state index contributed by atoms with van der Waals surface area (Å²) in [5.41, 5.74) is 10.2. The molecule has 0 atom stereocenters. The summed E-state index contributed by atoms with van der Waals surface area (Å²) in [7, 11) is 1.68. The Hall–Kier alpha value is -2.33. The number of hydrogen-bond acceptors (Lipinski definition) is 3. The maximum Gasteiger partial charge on any atom is 0.118 e. The van der Waals surface area contributed by atoms with Crippen LogP contribution in [0.3, 0.4) is 0 Å². The third-order valence-electron chi connectivity index (χ3n) is 3.67. The van der Waals surface area contributed by atoms with Gasteiger partial charge in [0.15, 0.2) is 0 Å². The molecule has 0 fully saturated rings. The van der Waals surface area contributed by atoms with Crippen molar-refractivity contribution >= 4 is 11.0 Å². The molecule has 0 spiro atoms. The number of fused-ring (bicyclic) bond motifs is 1. The van der Waals surface area contributed by atoms with E-state index >= 15 is 0 Å². The van der Waals surface area contributed by atoms with E-state index in [0.29, 0.717) is 6.54 Å². The van der Waals surface area contributed by atoms with E-state index in [0.717, 1.165) is 41.0 Å². The summed E-state index contributed by atoms with van der Waals surface area (Å²) in [5.74, 6) is 1.89. The van der Waals surface area contributed by atoms with Crippen molar-refractivity contribution in [3.05, 3.63) is 59.4 Å². The van der Waals surface area contributed by atoms with Crippen LogP contribution in [0.2, 0.25) is 0 Å². The van der Waals surface area contributed by atoms with Crippen LogP contribution in [-0.2, 0) is 19.4 Å². The van der Waals surface area contributed by atoms with Crippen molar-refractivity contribution in [2.24, 2.45) is 5.73 Å². The monoisotopic (exact) mass is 281 g/mol. The largest absolute Gasteiger partial charge is 0.497 e. The van der Waals surface area contributed by atoms with Gasteiger partial charge in [-0.25, -0.2) is 4.98 Å². The van der Waals surface area contributed by atoms with E-state index in [1.165, 1.54) is 5.56 Å². The summed E-state index contributed by atoms with van der Waals surface area (Å²) in [6.07, 6.45) is 1.83. The molecule has 0 unspecified atom stereocenters. The van der Waals surface area contributed by atoms with E-state index < -0.39 is 0 Å². The van der Waals surface area contributed by atoms with E-state index in [1.807, 2.05) is 30.3 Å². The van der Waals surface area contributed by atoms with Gasteiger partial charge in [0.2, 0.25) is 0 Å². The van der Waals surface area contributed by atoms with E-state index in [1.54, 1.807) is 7.11 Å². The van der Waals surface area contributed by atoms with Crippen LogP contribution in [0.5, 0.6) is 5.75 Å². The lowest BCUT2D eigenvalue weighted by atomic mass is 10.1. The highest BCUT2D eigenvalue weighted by Gasteiger charge is 2.06. The number of H-pyrrole nitrogens is 1. The Morgan fingerprint density at radius 1 is 1.10 bits per heavy atom. The van der Waals surface area contributed by atoms with Gasteiger partial charge in [0.1, 0.15) is 11.6 Å². The minimum Gasteiger partial charge on any atom is -0.497 e. The molecule has 0 saturated heterocycles. The van der Waals surface area contributed by atoms with Gasteiger partial charge >= 0.3 is 0 Å². The quantitative estimate of drug-likeness (QED) is 0.756. The molecule has 3 aromatic rings. The molecule has 21 heavy (non-hydrogen) atoms. The van der Waals surface area contributed by atoms with Crippen LogP contribution in [0, 0.1) is 0 Å². The van der Waals surface area contributed by atoms with Gasteiger partial charge in [-0.05, 0) is 35.7 Å². The van der Waals surface area contributed by atoms with Crippen molar-refractivity contribution in [3.8, 4) is 5.75 Å². The third-order valence-corrected chi connectivity index (χ3v) is 3.67. The predicted molar refractivity (Wildman–Crippen MR) is 84.4 cm³/mol. The van der Waals surface area contributed by atoms with Gasteiger partial charge in [-0.1, -0.05) is 24.3 Å². The molecule has 3 rings (SSSR count). The Morgan fingerprint density at radius 2 is 1.90 bits per heavy atom. The molecule has 3 N–H and O–H groups in total. The van der Waals surface area contributed by atoms with Crippen molar-refractivity contribution < 1.29 is 4.74 Å². The van der Waals surface area contributed by atoms with Crippen LogP contribution in [0.15, 0.2) is 42.5 Å². The summed E-state index contributed by atoms with van der Waals surface area (Å²) < 4.78 is 5.17. The molecule has 0 amide bonds. The number of hydrogen-bond donors (Lipinski definition) is 2. The molecule has 0 radical (unpaired) electrons. The van der Waals surface area contributed by atoms with E-state index in [-0.39, 0.29) is 0 Å². The number of rotatable bonds is 5. The molecule has 4 nitrogen and oxygen atoms in total. The van der Waals surface area contributed by atoms with Crippen LogP contribution in [0.4, 0.5) is 0 Å². The molecule has 0 aliphatic carbocycles. The maximum atomic E-state index is 5.75. The number of aromatic amines is 1. The molecular formula is C17H19N3O. The average molecular weight is 281 g/mol. The highest BCUT2D eigenvalue weighted by Crippen LogP contribution is 2.18. The molecule has 1 aromatic heterocycles. The number of nitrogens with one attached hydrogen (secondary N) is 1. The van der Waals surface area contributed by atoms with Crippen LogP contribution >= 0.6 is 0 Å². The predicted octanol–water partition coefficient (Wildman–Crippen LogP) is 2.82. The molecule has 0 bridgehead atoms. The lowest BCUT2D eigenvalue weighted by Crippen LogP contribution is -1.97. The SMILES string of the molecule is COc1ccc(CCc2nc3c(CN)cccc3[nH]2)cc1. The first-order valence-corrected chi connectivity index (χ1v) is 7.09. The topological polar surface area (TPSA) is 63.9 Å². The Balaban J connectivity index is 1.75. The van der Waals surface area contributed by atoms with Crippen LogP contribution < -0.4 is 10.5 Å². The molecule has 108 valence electrons. The van der Waals surface area contributed by atoms with Crippen LogP contribution in [0.25, 0.3) is 11.0 Å². The van der Waals surface area contributed by atoms with Gasteiger partial charge in [-0.15, -0.1) is 0 Å². The zero-order chi connectivity index (χ0) is 14.7. The highest BCUT2D eigenvalue weighted by molar-refractivity contribution is 5.78. The number of methoxy groups -OCH3 is 1. The number of nitrogens with two attached hydrogens (primary N) is 1.